The van der Waals surface area contributed by atoms with Crippen LogP contribution in [0.25, 0.3) is 0 Å². The van der Waals surface area contributed by atoms with E-state index in [4.69, 9.17) is 4.74 Å². The fourth-order valence-electron chi connectivity index (χ4n) is 5.38. The molecular weight excluding hydrogens is 493 g/mol. The SMILES string of the molecule is CCC[CH2][Sn]([CH2]CCC)([CH2]CCC)[c]1ccc(OC(=O)N2CCN3CCC2CC3)nc1. The molecule has 0 saturated carbocycles. The van der Waals surface area contributed by atoms with Gasteiger partial charge in [-0.2, -0.15) is 0 Å². The first-order chi connectivity index (χ1) is 15.1. The van der Waals surface area contributed by atoms with Crippen molar-refractivity contribution in [2.45, 2.75) is 91.5 Å². The normalized spacial score (nSPS) is 21.2. The number of ether oxygens (including phenoxy) is 1. The predicted octanol–water partition coefficient (Wildman–Crippen LogP) is 5.42. The summed E-state index contributed by atoms with van der Waals surface area (Å²) in [5.74, 6) is 0.467. The molecule has 0 atom stereocenters. The van der Waals surface area contributed by atoms with E-state index in [0.29, 0.717) is 11.9 Å². The molecule has 0 unspecified atom stereocenters. The minimum absolute atomic E-state index is 0.216. The zero-order chi connectivity index (χ0) is 22.1. The Morgan fingerprint density at radius 2 is 1.58 bits per heavy atom. The van der Waals surface area contributed by atoms with Crippen molar-refractivity contribution in [1.29, 1.82) is 0 Å². The summed E-state index contributed by atoms with van der Waals surface area (Å²) in [7, 11) is 0. The summed E-state index contributed by atoms with van der Waals surface area (Å²) < 4.78 is 11.6. The fourth-order valence-corrected chi connectivity index (χ4v) is 21.0. The summed E-state index contributed by atoms with van der Waals surface area (Å²) in [5.41, 5.74) is 0. The van der Waals surface area contributed by atoms with E-state index < -0.39 is 18.4 Å². The second kappa shape index (κ2) is 12.4. The number of amides is 1. The maximum absolute atomic E-state index is 12.9. The van der Waals surface area contributed by atoms with Crippen LogP contribution in [0, 0.1) is 0 Å². The number of fused-ring (bicyclic) bond motifs is 4. The van der Waals surface area contributed by atoms with E-state index >= 15 is 0 Å². The number of unbranched alkanes of at least 4 members (excludes halogenated alkanes) is 3. The molecule has 0 aromatic carbocycles. The van der Waals surface area contributed by atoms with Crippen LogP contribution in [0.1, 0.15) is 72.1 Å². The Morgan fingerprint density at radius 1 is 0.968 bits per heavy atom. The number of carbonyl (C=O) groups is 1. The molecule has 6 heteroatoms. The predicted molar refractivity (Wildman–Crippen MR) is 131 cm³/mol. The second-order valence-corrected chi connectivity index (χ2v) is 22.8. The van der Waals surface area contributed by atoms with E-state index in [1.807, 2.05) is 11.0 Å². The van der Waals surface area contributed by atoms with Crippen LogP contribution in [0.4, 0.5) is 4.79 Å². The first kappa shape index (κ1) is 24.8. The van der Waals surface area contributed by atoms with Crippen LogP contribution in [-0.2, 0) is 0 Å². The van der Waals surface area contributed by atoms with Crippen molar-refractivity contribution < 1.29 is 9.53 Å². The van der Waals surface area contributed by atoms with Crippen LogP contribution in [0.3, 0.4) is 0 Å². The molecule has 0 radical (unpaired) electrons. The van der Waals surface area contributed by atoms with Gasteiger partial charge in [-0.15, -0.1) is 0 Å². The van der Waals surface area contributed by atoms with Gasteiger partial charge in [-0.3, -0.25) is 0 Å². The molecule has 1 amide bonds. The molecule has 1 aromatic heterocycles. The molecule has 3 aliphatic rings. The molecule has 1 aromatic rings. The van der Waals surface area contributed by atoms with Gasteiger partial charge in [0.25, 0.3) is 0 Å². The van der Waals surface area contributed by atoms with Crippen molar-refractivity contribution in [1.82, 2.24) is 14.8 Å². The molecule has 0 spiro atoms. The van der Waals surface area contributed by atoms with E-state index in [1.54, 1.807) is 0 Å². The number of hydrogen-bond acceptors (Lipinski definition) is 4. The Bertz CT molecular complexity index is 652. The number of piperidine rings is 1. The average molecular weight is 536 g/mol. The average Bonchev–Trinajstić information content (AvgIpc) is 3.13. The Morgan fingerprint density at radius 3 is 2.10 bits per heavy atom. The number of pyridine rings is 1. The van der Waals surface area contributed by atoms with Gasteiger partial charge in [0.05, 0.1) is 0 Å². The molecule has 0 aliphatic carbocycles. The van der Waals surface area contributed by atoms with Crippen molar-refractivity contribution in [3.05, 3.63) is 18.3 Å². The van der Waals surface area contributed by atoms with Gasteiger partial charge in [0.2, 0.25) is 0 Å². The maximum atomic E-state index is 12.9. The molecule has 4 heterocycles. The Balaban J connectivity index is 1.71. The monoisotopic (exact) mass is 537 g/mol. The third-order valence-electron chi connectivity index (χ3n) is 7.46. The van der Waals surface area contributed by atoms with Crippen LogP contribution in [0.5, 0.6) is 5.88 Å². The van der Waals surface area contributed by atoms with Gasteiger partial charge in [-0.05, 0) is 0 Å². The number of nitrogens with zero attached hydrogens (tertiary/aromatic N) is 3. The second-order valence-electron chi connectivity index (χ2n) is 9.61. The van der Waals surface area contributed by atoms with Crippen LogP contribution >= 0.6 is 0 Å². The van der Waals surface area contributed by atoms with Crippen molar-refractivity contribution in [3.63, 3.8) is 0 Å². The van der Waals surface area contributed by atoms with Crippen molar-refractivity contribution in [2.75, 3.05) is 26.2 Å². The van der Waals surface area contributed by atoms with Gasteiger partial charge in [0, 0.05) is 0 Å². The zero-order valence-corrected chi connectivity index (χ0v) is 22.9. The van der Waals surface area contributed by atoms with Crippen LogP contribution in [0.2, 0.25) is 13.3 Å². The summed E-state index contributed by atoms with van der Waals surface area (Å²) in [5, 5.41) is 0. The standard InChI is InChI=1S/C13H16N3O2.3C4H9.Sn/c17-13(18-12-3-1-2-6-14-12)16-10-9-15-7-4-11(16)5-8-15;3*1-3-4-2;/h1,3,6,11H,4-5,7-10H2;3*1,3-4H2,2H3;. The van der Waals surface area contributed by atoms with Gasteiger partial charge in [-0.1, -0.05) is 0 Å². The third-order valence-corrected chi connectivity index (χ3v) is 23.0. The summed E-state index contributed by atoms with van der Waals surface area (Å²) in [4.78, 5) is 21.9. The summed E-state index contributed by atoms with van der Waals surface area (Å²) in [6.45, 7) is 10.9. The first-order valence-electron chi connectivity index (χ1n) is 12.8. The molecule has 174 valence electrons. The molecular formula is C25H43N3O2Sn. The van der Waals surface area contributed by atoms with E-state index in [1.165, 1.54) is 55.4 Å². The van der Waals surface area contributed by atoms with Crippen molar-refractivity contribution >= 4 is 28.0 Å². The van der Waals surface area contributed by atoms with Crippen molar-refractivity contribution in [3.8, 4) is 5.88 Å². The third kappa shape index (κ3) is 6.59. The van der Waals surface area contributed by atoms with Crippen molar-refractivity contribution in [2.24, 2.45) is 0 Å². The number of hydrogen-bond donors (Lipinski definition) is 0. The van der Waals surface area contributed by atoms with Crippen LogP contribution in [0.15, 0.2) is 18.3 Å². The van der Waals surface area contributed by atoms with Crippen LogP contribution < -0.4 is 8.32 Å². The molecule has 5 nitrogen and oxygen atoms in total. The Labute approximate surface area is 193 Å². The minimum atomic E-state index is -2.47. The molecule has 0 N–H and O–H groups in total. The van der Waals surface area contributed by atoms with E-state index in [-0.39, 0.29) is 6.09 Å². The topological polar surface area (TPSA) is 45.7 Å². The zero-order valence-electron chi connectivity index (χ0n) is 20.1. The quantitative estimate of drug-likeness (QED) is 0.355. The first-order valence-corrected chi connectivity index (χ1v) is 20.3. The van der Waals surface area contributed by atoms with E-state index in [0.717, 1.165) is 39.0 Å². The van der Waals surface area contributed by atoms with Gasteiger partial charge in [0.15, 0.2) is 0 Å². The van der Waals surface area contributed by atoms with Crippen LogP contribution in [-0.4, -0.2) is 71.5 Å². The summed E-state index contributed by atoms with van der Waals surface area (Å²) >= 11 is -2.47. The molecule has 2 bridgehead atoms. The number of aromatic nitrogens is 1. The number of carbonyl (C=O) groups excluding carboxylic acids is 1. The molecule has 3 aliphatic heterocycles. The molecule has 3 fully saturated rings. The Hall–Kier alpha value is -0.821. The fraction of sp³-hybridized carbons (Fsp3) is 0.760. The molecule has 4 rings (SSSR count). The molecule has 3 saturated heterocycles. The summed E-state index contributed by atoms with van der Waals surface area (Å²) in [6, 6.07) is 4.57. The van der Waals surface area contributed by atoms with Gasteiger partial charge in [0.1, 0.15) is 0 Å². The van der Waals surface area contributed by atoms with Gasteiger partial charge < -0.3 is 0 Å². The Kier molecular flexibility index (Phi) is 9.95. The van der Waals surface area contributed by atoms with E-state index in [2.05, 4.69) is 42.9 Å². The number of rotatable bonds is 11. The van der Waals surface area contributed by atoms with Gasteiger partial charge >= 0.3 is 194 Å². The summed E-state index contributed by atoms with van der Waals surface area (Å²) in [6.07, 6.45) is 11.8. The van der Waals surface area contributed by atoms with Gasteiger partial charge in [-0.25, -0.2) is 0 Å². The van der Waals surface area contributed by atoms with E-state index in [9.17, 15) is 4.79 Å². The molecule has 31 heavy (non-hydrogen) atoms.